The van der Waals surface area contributed by atoms with E-state index in [1.165, 1.54) is 22.4 Å². The molecule has 1 aliphatic heterocycles. The molecule has 0 bridgehead atoms. The molecule has 0 amide bonds. The van der Waals surface area contributed by atoms with Crippen molar-refractivity contribution in [1.82, 2.24) is 0 Å². The average molecular weight is 346 g/mol. The van der Waals surface area contributed by atoms with Gasteiger partial charge < -0.3 is 4.90 Å². The summed E-state index contributed by atoms with van der Waals surface area (Å²) in [5.74, 6) is 2.25. The van der Waals surface area contributed by atoms with Crippen molar-refractivity contribution in [2.45, 2.75) is 19.0 Å². The second-order valence-electron chi connectivity index (χ2n) is 6.63. The van der Waals surface area contributed by atoms with Crippen molar-refractivity contribution < 1.29 is 0 Å². The summed E-state index contributed by atoms with van der Waals surface area (Å²) in [5.41, 5.74) is 5.42. The summed E-state index contributed by atoms with van der Waals surface area (Å²) in [6.45, 7) is 2.15. The van der Waals surface area contributed by atoms with E-state index in [-0.39, 0.29) is 0 Å². The highest BCUT2D eigenvalue weighted by Gasteiger charge is 2.33. The highest BCUT2D eigenvalue weighted by atomic mass is 32.2. The fourth-order valence-corrected chi connectivity index (χ4v) is 4.90. The zero-order valence-electron chi connectivity index (χ0n) is 14.5. The van der Waals surface area contributed by atoms with Crippen molar-refractivity contribution in [2.24, 2.45) is 0 Å². The molecule has 0 aromatic heterocycles. The van der Waals surface area contributed by atoms with Crippen LogP contribution in [0.4, 0.5) is 5.69 Å². The topological polar surface area (TPSA) is 3.24 Å². The van der Waals surface area contributed by atoms with Gasteiger partial charge in [0, 0.05) is 17.2 Å². The van der Waals surface area contributed by atoms with Gasteiger partial charge in [0.2, 0.25) is 0 Å². The minimum Gasteiger partial charge on any atom is -0.356 e. The molecule has 0 spiro atoms. The van der Waals surface area contributed by atoms with E-state index in [9.17, 15) is 0 Å². The third-order valence-electron chi connectivity index (χ3n) is 4.92. The first-order chi connectivity index (χ1) is 12.3. The summed E-state index contributed by atoms with van der Waals surface area (Å²) in [4.78, 5) is 2.63. The normalized spacial score (nSPS) is 20.4. The molecule has 1 saturated heterocycles. The Morgan fingerprint density at radius 2 is 1.16 bits per heavy atom. The molecule has 0 saturated carbocycles. The maximum atomic E-state index is 2.63. The third-order valence-corrected chi connectivity index (χ3v) is 6.03. The fraction of sp³-hybridized carbons (Fsp3) is 0.217. The first kappa shape index (κ1) is 16.3. The van der Waals surface area contributed by atoms with Gasteiger partial charge in [-0.3, -0.25) is 0 Å². The smallest absolute Gasteiger partial charge is 0.0639 e. The van der Waals surface area contributed by atoms with E-state index in [0.717, 1.165) is 11.5 Å². The Bertz CT molecular complexity index is 751. The summed E-state index contributed by atoms with van der Waals surface area (Å²) in [7, 11) is 0. The van der Waals surface area contributed by atoms with Crippen LogP contribution in [0.2, 0.25) is 0 Å². The lowest BCUT2D eigenvalue weighted by atomic mass is 9.99. The van der Waals surface area contributed by atoms with Gasteiger partial charge in [0.05, 0.1) is 12.1 Å². The quantitative estimate of drug-likeness (QED) is 0.570. The number of thioether (sulfide) groups is 1. The molecule has 1 nitrogen and oxygen atoms in total. The number of benzene rings is 3. The van der Waals surface area contributed by atoms with Crippen molar-refractivity contribution in [1.29, 1.82) is 0 Å². The molecule has 3 aromatic carbocycles. The van der Waals surface area contributed by atoms with E-state index in [0.29, 0.717) is 12.1 Å². The van der Waals surface area contributed by atoms with E-state index in [1.807, 2.05) is 0 Å². The molecule has 1 fully saturated rings. The van der Waals surface area contributed by atoms with Crippen LogP contribution >= 0.6 is 11.8 Å². The number of rotatable bonds is 3. The van der Waals surface area contributed by atoms with E-state index >= 15 is 0 Å². The zero-order chi connectivity index (χ0) is 17.1. The monoisotopic (exact) mass is 345 g/mol. The Balaban J connectivity index is 1.79. The maximum absolute atomic E-state index is 2.63. The van der Waals surface area contributed by atoms with Crippen LogP contribution in [-0.2, 0) is 0 Å². The molecule has 1 heterocycles. The van der Waals surface area contributed by atoms with Gasteiger partial charge in [0.1, 0.15) is 0 Å². The van der Waals surface area contributed by atoms with Crippen LogP contribution < -0.4 is 4.90 Å². The molecule has 2 unspecified atom stereocenters. The number of nitrogens with zero attached hydrogens (tertiary/aromatic N) is 1. The van der Waals surface area contributed by atoms with Crippen LogP contribution in [0.25, 0.3) is 0 Å². The van der Waals surface area contributed by atoms with Crippen molar-refractivity contribution in [3.8, 4) is 0 Å². The summed E-state index contributed by atoms with van der Waals surface area (Å²) in [5, 5.41) is 0. The van der Waals surface area contributed by atoms with Gasteiger partial charge in [-0.1, -0.05) is 78.4 Å². The van der Waals surface area contributed by atoms with Crippen molar-refractivity contribution in [3.63, 3.8) is 0 Å². The molecular formula is C23H23NS. The van der Waals surface area contributed by atoms with Gasteiger partial charge in [-0.15, -0.1) is 0 Å². The van der Waals surface area contributed by atoms with Crippen LogP contribution in [0.15, 0.2) is 84.9 Å². The number of hydrogen-bond donors (Lipinski definition) is 0. The molecule has 2 heteroatoms. The molecule has 2 atom stereocenters. The van der Waals surface area contributed by atoms with E-state index in [1.54, 1.807) is 0 Å². The highest BCUT2D eigenvalue weighted by molar-refractivity contribution is 7.99. The molecule has 3 aromatic rings. The Morgan fingerprint density at radius 3 is 1.64 bits per heavy atom. The predicted molar refractivity (Wildman–Crippen MR) is 109 cm³/mol. The molecular weight excluding hydrogens is 322 g/mol. The van der Waals surface area contributed by atoms with Gasteiger partial charge in [0.15, 0.2) is 0 Å². The molecule has 25 heavy (non-hydrogen) atoms. The number of hydrogen-bond acceptors (Lipinski definition) is 2. The Morgan fingerprint density at radius 1 is 0.680 bits per heavy atom. The SMILES string of the molecule is Cc1ccc(N2C(c3ccccc3)CSCC2c2ccccc2)cc1. The Kier molecular flexibility index (Phi) is 4.80. The van der Waals surface area contributed by atoms with Gasteiger partial charge in [0.25, 0.3) is 0 Å². The first-order valence-corrected chi connectivity index (χ1v) is 10.0. The predicted octanol–water partition coefficient (Wildman–Crippen LogP) is 6.03. The Labute approximate surface area is 154 Å². The van der Waals surface area contributed by atoms with Gasteiger partial charge in [-0.05, 0) is 30.2 Å². The van der Waals surface area contributed by atoms with E-state index in [4.69, 9.17) is 0 Å². The van der Waals surface area contributed by atoms with Gasteiger partial charge in [-0.25, -0.2) is 0 Å². The second-order valence-corrected chi connectivity index (χ2v) is 7.71. The summed E-state index contributed by atoms with van der Waals surface area (Å²) >= 11 is 2.06. The fourth-order valence-electron chi connectivity index (χ4n) is 3.61. The summed E-state index contributed by atoms with van der Waals surface area (Å²) in [6.07, 6.45) is 0. The molecule has 4 rings (SSSR count). The lowest BCUT2D eigenvalue weighted by molar-refractivity contribution is 0.582. The van der Waals surface area contributed by atoms with Crippen LogP contribution in [0.3, 0.4) is 0 Å². The van der Waals surface area contributed by atoms with Crippen molar-refractivity contribution in [3.05, 3.63) is 102 Å². The van der Waals surface area contributed by atoms with Crippen molar-refractivity contribution in [2.75, 3.05) is 16.4 Å². The third kappa shape index (κ3) is 3.45. The molecule has 126 valence electrons. The van der Waals surface area contributed by atoms with Crippen LogP contribution in [-0.4, -0.2) is 11.5 Å². The summed E-state index contributed by atoms with van der Waals surface area (Å²) in [6, 6.07) is 31.7. The van der Waals surface area contributed by atoms with Crippen LogP contribution in [0.5, 0.6) is 0 Å². The summed E-state index contributed by atoms with van der Waals surface area (Å²) < 4.78 is 0. The number of aryl methyl sites for hydroxylation is 1. The number of anilines is 1. The van der Waals surface area contributed by atoms with E-state index < -0.39 is 0 Å². The van der Waals surface area contributed by atoms with Gasteiger partial charge >= 0.3 is 0 Å². The molecule has 0 radical (unpaired) electrons. The molecule has 1 aliphatic rings. The molecule has 0 N–H and O–H groups in total. The van der Waals surface area contributed by atoms with E-state index in [2.05, 4.69) is 109 Å². The Hall–Kier alpha value is -2.19. The lowest BCUT2D eigenvalue weighted by Gasteiger charge is -2.44. The minimum atomic E-state index is 0.396. The van der Waals surface area contributed by atoms with Gasteiger partial charge in [-0.2, -0.15) is 11.8 Å². The van der Waals surface area contributed by atoms with Crippen molar-refractivity contribution >= 4 is 17.4 Å². The average Bonchev–Trinajstić information content (AvgIpc) is 2.69. The first-order valence-electron chi connectivity index (χ1n) is 8.85. The zero-order valence-corrected chi connectivity index (χ0v) is 15.3. The second kappa shape index (κ2) is 7.37. The van der Waals surface area contributed by atoms with Crippen LogP contribution in [0.1, 0.15) is 28.8 Å². The highest BCUT2D eigenvalue weighted by Crippen LogP contribution is 2.43. The largest absolute Gasteiger partial charge is 0.356 e. The van der Waals surface area contributed by atoms with Crippen LogP contribution in [0, 0.1) is 6.92 Å². The lowest BCUT2D eigenvalue weighted by Crippen LogP contribution is -2.39. The molecule has 0 aliphatic carbocycles. The standard InChI is InChI=1S/C23H23NS/c1-18-12-14-21(15-13-18)24-22(19-8-4-2-5-9-19)16-25-17-23(24)20-10-6-3-7-11-20/h2-15,22-23H,16-17H2,1H3. The minimum absolute atomic E-state index is 0.396. The maximum Gasteiger partial charge on any atom is 0.0639 e.